The van der Waals surface area contributed by atoms with Crippen LogP contribution < -0.4 is 4.72 Å². The maximum absolute atomic E-state index is 13.1. The van der Waals surface area contributed by atoms with Crippen LogP contribution in [0.4, 0.5) is 8.78 Å². The molecular weight excluding hydrogens is 308 g/mol. The largest absolute Gasteiger partial charge is 0.240 e. The highest BCUT2D eigenvalue weighted by Crippen LogP contribution is 2.24. The van der Waals surface area contributed by atoms with Gasteiger partial charge in [0.1, 0.15) is 0 Å². The van der Waals surface area contributed by atoms with Gasteiger partial charge in [-0.05, 0) is 30.0 Å². The summed E-state index contributed by atoms with van der Waals surface area (Å²) in [7, 11) is -3.92. The predicted molar refractivity (Wildman–Crippen MR) is 75.3 cm³/mol. The van der Waals surface area contributed by atoms with Gasteiger partial charge in [0.05, 0.1) is 4.90 Å². The van der Waals surface area contributed by atoms with Crippen molar-refractivity contribution < 1.29 is 17.2 Å². The van der Waals surface area contributed by atoms with Crippen molar-refractivity contribution in [3.63, 3.8) is 0 Å². The lowest BCUT2D eigenvalue weighted by atomic mass is 9.86. The Morgan fingerprint density at radius 2 is 1.85 bits per heavy atom. The predicted octanol–water partition coefficient (Wildman–Crippen LogP) is 3.29. The highest BCUT2D eigenvalue weighted by Gasteiger charge is 2.29. The molecule has 0 aliphatic carbocycles. The SMILES string of the molecule is CC(C)(C)C(CCCl)NS(=O)(=O)c1ccc(F)c(F)c1. The number of rotatable bonds is 5. The van der Waals surface area contributed by atoms with Crippen molar-refractivity contribution in [1.29, 1.82) is 0 Å². The van der Waals surface area contributed by atoms with Crippen LogP contribution in [0.1, 0.15) is 27.2 Å². The Balaban J connectivity index is 3.06. The number of benzene rings is 1. The fourth-order valence-electron chi connectivity index (χ4n) is 1.68. The summed E-state index contributed by atoms with van der Waals surface area (Å²) < 4.78 is 52.9. The van der Waals surface area contributed by atoms with Crippen LogP contribution in [0.5, 0.6) is 0 Å². The van der Waals surface area contributed by atoms with E-state index in [1.807, 2.05) is 20.8 Å². The van der Waals surface area contributed by atoms with E-state index in [-0.39, 0.29) is 10.3 Å². The minimum atomic E-state index is -3.92. The first-order valence-corrected chi connectivity index (χ1v) is 8.13. The summed E-state index contributed by atoms with van der Waals surface area (Å²) in [5.41, 5.74) is -0.347. The van der Waals surface area contributed by atoms with E-state index in [9.17, 15) is 17.2 Å². The van der Waals surface area contributed by atoms with Crippen LogP contribution in [-0.2, 0) is 10.0 Å². The second-order valence-corrected chi connectivity index (χ2v) is 7.69. The van der Waals surface area contributed by atoms with Gasteiger partial charge in [0.25, 0.3) is 0 Å². The highest BCUT2D eigenvalue weighted by molar-refractivity contribution is 7.89. The molecule has 114 valence electrons. The van der Waals surface area contributed by atoms with Gasteiger partial charge in [0.2, 0.25) is 10.0 Å². The van der Waals surface area contributed by atoms with Crippen molar-refractivity contribution >= 4 is 21.6 Å². The third-order valence-corrected chi connectivity index (χ3v) is 4.63. The Hall–Kier alpha value is -0.720. The zero-order valence-corrected chi connectivity index (χ0v) is 13.2. The first kappa shape index (κ1) is 17.3. The fourth-order valence-corrected chi connectivity index (χ4v) is 3.38. The molecule has 3 nitrogen and oxygen atoms in total. The average molecular weight is 326 g/mol. The number of halogens is 3. The van der Waals surface area contributed by atoms with E-state index in [1.165, 1.54) is 0 Å². The maximum atomic E-state index is 13.1. The van der Waals surface area contributed by atoms with Crippen molar-refractivity contribution in [2.45, 2.75) is 38.1 Å². The van der Waals surface area contributed by atoms with Gasteiger partial charge in [0.15, 0.2) is 11.6 Å². The lowest BCUT2D eigenvalue weighted by Gasteiger charge is -2.30. The fraction of sp³-hybridized carbons (Fsp3) is 0.538. The van der Waals surface area contributed by atoms with Crippen LogP contribution in [0, 0.1) is 17.0 Å². The van der Waals surface area contributed by atoms with Gasteiger partial charge in [-0.25, -0.2) is 21.9 Å². The van der Waals surface area contributed by atoms with Crippen LogP contribution in [0.25, 0.3) is 0 Å². The van der Waals surface area contributed by atoms with E-state index in [0.29, 0.717) is 18.4 Å². The Morgan fingerprint density at radius 1 is 1.25 bits per heavy atom. The molecule has 1 N–H and O–H groups in total. The van der Waals surface area contributed by atoms with E-state index < -0.39 is 27.7 Å². The maximum Gasteiger partial charge on any atom is 0.240 e. The molecule has 1 rings (SSSR count). The molecule has 0 aromatic heterocycles. The zero-order valence-electron chi connectivity index (χ0n) is 11.6. The summed E-state index contributed by atoms with van der Waals surface area (Å²) in [5, 5.41) is 0. The number of hydrogen-bond donors (Lipinski definition) is 1. The van der Waals surface area contributed by atoms with E-state index in [1.54, 1.807) is 0 Å². The molecule has 0 aliphatic heterocycles. The van der Waals surface area contributed by atoms with Gasteiger partial charge in [-0.3, -0.25) is 0 Å². The second-order valence-electron chi connectivity index (χ2n) is 5.59. The number of alkyl halides is 1. The molecule has 20 heavy (non-hydrogen) atoms. The topological polar surface area (TPSA) is 46.2 Å². The Labute approximate surface area is 123 Å². The molecule has 0 saturated carbocycles. The van der Waals surface area contributed by atoms with E-state index in [2.05, 4.69) is 4.72 Å². The Morgan fingerprint density at radius 3 is 2.30 bits per heavy atom. The third kappa shape index (κ3) is 4.40. The van der Waals surface area contributed by atoms with Crippen molar-refractivity contribution in [2.24, 2.45) is 5.41 Å². The van der Waals surface area contributed by atoms with Gasteiger partial charge in [0, 0.05) is 11.9 Å². The second kappa shape index (κ2) is 6.37. The molecule has 0 saturated heterocycles. The van der Waals surface area contributed by atoms with Gasteiger partial charge >= 0.3 is 0 Å². The van der Waals surface area contributed by atoms with Crippen LogP contribution in [0.15, 0.2) is 23.1 Å². The minimum absolute atomic E-state index is 0.294. The summed E-state index contributed by atoms with van der Waals surface area (Å²) in [6.45, 7) is 5.62. The van der Waals surface area contributed by atoms with Gasteiger partial charge in [-0.15, -0.1) is 11.6 Å². The van der Waals surface area contributed by atoms with E-state index in [4.69, 9.17) is 11.6 Å². The molecule has 7 heteroatoms. The molecule has 0 amide bonds. The highest BCUT2D eigenvalue weighted by atomic mass is 35.5. The van der Waals surface area contributed by atoms with E-state index in [0.717, 1.165) is 12.1 Å². The molecule has 0 heterocycles. The lowest BCUT2D eigenvalue weighted by Crippen LogP contribution is -2.43. The van der Waals surface area contributed by atoms with Crippen molar-refractivity contribution in [1.82, 2.24) is 4.72 Å². The molecular formula is C13H18ClF2NO2S. The first-order valence-electron chi connectivity index (χ1n) is 6.11. The number of hydrogen-bond acceptors (Lipinski definition) is 2. The van der Waals surface area contributed by atoms with Crippen LogP contribution in [-0.4, -0.2) is 20.3 Å². The zero-order chi connectivity index (χ0) is 15.6. The van der Waals surface area contributed by atoms with Crippen LogP contribution in [0.3, 0.4) is 0 Å². The number of sulfonamides is 1. The van der Waals surface area contributed by atoms with Crippen molar-refractivity contribution in [3.05, 3.63) is 29.8 Å². The van der Waals surface area contributed by atoms with Gasteiger partial charge < -0.3 is 0 Å². The normalized spacial score (nSPS) is 14.3. The van der Waals surface area contributed by atoms with E-state index >= 15 is 0 Å². The molecule has 1 atom stereocenters. The number of nitrogens with one attached hydrogen (secondary N) is 1. The molecule has 1 aromatic carbocycles. The Kier molecular flexibility index (Phi) is 5.52. The summed E-state index contributed by atoms with van der Waals surface area (Å²) in [4.78, 5) is -0.305. The van der Waals surface area contributed by atoms with Gasteiger partial charge in [-0.1, -0.05) is 20.8 Å². The molecule has 0 fully saturated rings. The standard InChI is InChI=1S/C13H18ClF2NO2S/c1-13(2,3)12(6-7-14)17-20(18,19)9-4-5-10(15)11(16)8-9/h4-5,8,12,17H,6-7H2,1-3H3. The molecule has 0 bridgehead atoms. The van der Waals surface area contributed by atoms with Crippen LogP contribution >= 0.6 is 11.6 Å². The van der Waals surface area contributed by atoms with Crippen molar-refractivity contribution in [3.8, 4) is 0 Å². The molecule has 1 aromatic rings. The van der Waals surface area contributed by atoms with Crippen molar-refractivity contribution in [2.75, 3.05) is 5.88 Å². The molecule has 1 unspecified atom stereocenters. The smallest absolute Gasteiger partial charge is 0.208 e. The summed E-state index contributed by atoms with van der Waals surface area (Å²) in [5.74, 6) is -1.99. The third-order valence-electron chi connectivity index (χ3n) is 2.94. The monoisotopic (exact) mass is 325 g/mol. The van der Waals surface area contributed by atoms with Gasteiger partial charge in [-0.2, -0.15) is 0 Å². The summed E-state index contributed by atoms with van der Waals surface area (Å²) in [6, 6.07) is 2.08. The summed E-state index contributed by atoms with van der Waals surface area (Å²) in [6.07, 6.45) is 0.438. The lowest BCUT2D eigenvalue weighted by molar-refractivity contribution is 0.292. The Bertz CT molecular complexity index is 570. The molecule has 0 aliphatic rings. The molecule has 0 radical (unpaired) electrons. The summed E-state index contributed by atoms with van der Waals surface area (Å²) >= 11 is 5.68. The van der Waals surface area contributed by atoms with Crippen LogP contribution in [0.2, 0.25) is 0 Å². The molecule has 0 spiro atoms. The first-order chi connectivity index (χ1) is 9.08. The minimum Gasteiger partial charge on any atom is -0.208 e. The average Bonchev–Trinajstić information content (AvgIpc) is 2.30. The quantitative estimate of drug-likeness (QED) is 0.844.